The van der Waals surface area contributed by atoms with E-state index in [9.17, 15) is 10.2 Å². The minimum atomic E-state index is 0.314. The molecule has 0 aliphatic rings. The molecule has 2 N–H and O–H groups in total. The molecule has 0 radical (unpaired) electrons. The second-order valence-corrected chi connectivity index (χ2v) is 5.59. The van der Waals surface area contributed by atoms with Crippen LogP contribution in [0.4, 0.5) is 0 Å². The molecule has 0 aliphatic carbocycles. The quantitative estimate of drug-likeness (QED) is 0.830. The van der Waals surface area contributed by atoms with Crippen LogP contribution in [-0.2, 0) is 6.42 Å². The zero-order chi connectivity index (χ0) is 14.0. The maximum atomic E-state index is 9.69. The molecular formula is C16H18O2S. The van der Waals surface area contributed by atoms with E-state index in [0.717, 1.165) is 22.4 Å². The van der Waals surface area contributed by atoms with Crippen molar-refractivity contribution in [3.63, 3.8) is 0 Å². The van der Waals surface area contributed by atoms with E-state index in [1.165, 1.54) is 11.1 Å². The van der Waals surface area contributed by atoms with Gasteiger partial charge in [0.1, 0.15) is 11.5 Å². The maximum absolute atomic E-state index is 9.69. The minimum absolute atomic E-state index is 0.314. The largest absolute Gasteiger partial charge is 0.508 e. The predicted molar refractivity (Wildman–Crippen MR) is 80.3 cm³/mol. The van der Waals surface area contributed by atoms with E-state index < -0.39 is 0 Å². The molecule has 19 heavy (non-hydrogen) atoms. The van der Waals surface area contributed by atoms with E-state index in [2.05, 4.69) is 0 Å². The molecule has 0 heterocycles. The topological polar surface area (TPSA) is 40.5 Å². The van der Waals surface area contributed by atoms with Crippen molar-refractivity contribution in [2.45, 2.75) is 25.2 Å². The Morgan fingerprint density at radius 1 is 1.00 bits per heavy atom. The van der Waals surface area contributed by atoms with Crippen molar-refractivity contribution in [2.75, 3.05) is 6.26 Å². The number of hydrogen-bond donors (Lipinski definition) is 2. The van der Waals surface area contributed by atoms with Crippen LogP contribution in [0.2, 0.25) is 0 Å². The van der Waals surface area contributed by atoms with Crippen LogP contribution in [0.15, 0.2) is 35.2 Å². The molecule has 0 fully saturated rings. The number of phenols is 2. The van der Waals surface area contributed by atoms with E-state index in [-0.39, 0.29) is 0 Å². The molecule has 0 amide bonds. The Bertz CT molecular complexity index is 583. The Balaban J connectivity index is 2.36. The van der Waals surface area contributed by atoms with Crippen LogP contribution in [0.5, 0.6) is 11.5 Å². The van der Waals surface area contributed by atoms with E-state index >= 15 is 0 Å². The van der Waals surface area contributed by atoms with Crippen molar-refractivity contribution in [3.05, 3.63) is 52.6 Å². The molecule has 0 unspecified atom stereocenters. The lowest BCUT2D eigenvalue weighted by Crippen LogP contribution is -1.96. The van der Waals surface area contributed by atoms with Gasteiger partial charge in [0.25, 0.3) is 0 Å². The molecule has 100 valence electrons. The molecule has 0 spiro atoms. The normalized spacial score (nSPS) is 10.7. The van der Waals surface area contributed by atoms with Crippen molar-refractivity contribution in [3.8, 4) is 11.5 Å². The summed E-state index contributed by atoms with van der Waals surface area (Å²) in [6.07, 6.45) is 2.77. The van der Waals surface area contributed by atoms with Gasteiger partial charge in [-0.1, -0.05) is 6.07 Å². The predicted octanol–water partition coefficient (Wildman–Crippen LogP) is 4.03. The second-order valence-electron chi connectivity index (χ2n) is 4.74. The highest BCUT2D eigenvalue weighted by atomic mass is 32.2. The van der Waals surface area contributed by atoms with Crippen molar-refractivity contribution < 1.29 is 10.2 Å². The summed E-state index contributed by atoms with van der Waals surface area (Å²) in [4.78, 5) is 0.895. The third-order valence-corrected chi connectivity index (χ3v) is 4.07. The maximum Gasteiger partial charge on any atom is 0.129 e. The zero-order valence-corrected chi connectivity index (χ0v) is 12.2. The van der Waals surface area contributed by atoms with Gasteiger partial charge in [0, 0.05) is 4.90 Å². The molecule has 2 aromatic carbocycles. The van der Waals surface area contributed by atoms with E-state index in [1.807, 2.05) is 32.2 Å². The SMILES string of the molecule is CSc1cc(Cc2c(C)cc(O)cc2C)ccc1O. The van der Waals surface area contributed by atoms with Crippen LogP contribution in [0.1, 0.15) is 22.3 Å². The molecule has 2 nitrogen and oxygen atoms in total. The first kappa shape index (κ1) is 13.8. The van der Waals surface area contributed by atoms with Gasteiger partial charge >= 0.3 is 0 Å². The molecule has 0 aliphatic heterocycles. The highest BCUT2D eigenvalue weighted by Crippen LogP contribution is 2.29. The molecule has 2 aromatic rings. The van der Waals surface area contributed by atoms with Crippen molar-refractivity contribution in [1.29, 1.82) is 0 Å². The summed E-state index contributed by atoms with van der Waals surface area (Å²) in [5.41, 5.74) is 4.59. The summed E-state index contributed by atoms with van der Waals surface area (Å²) in [5, 5.41) is 19.3. The number of thioether (sulfide) groups is 1. The van der Waals surface area contributed by atoms with E-state index in [1.54, 1.807) is 30.0 Å². The van der Waals surface area contributed by atoms with Gasteiger partial charge in [-0.05, 0) is 73.0 Å². The Labute approximate surface area is 118 Å². The first-order chi connectivity index (χ1) is 9.01. The molecule has 0 bridgehead atoms. The van der Waals surface area contributed by atoms with Gasteiger partial charge in [-0.15, -0.1) is 11.8 Å². The summed E-state index contributed by atoms with van der Waals surface area (Å²) in [6.45, 7) is 4.02. The number of rotatable bonds is 3. The third kappa shape index (κ3) is 3.04. The second kappa shape index (κ2) is 5.57. The smallest absolute Gasteiger partial charge is 0.129 e. The van der Waals surface area contributed by atoms with Crippen LogP contribution >= 0.6 is 11.8 Å². The van der Waals surface area contributed by atoms with Crippen LogP contribution in [0.25, 0.3) is 0 Å². The summed E-state index contributed by atoms with van der Waals surface area (Å²) < 4.78 is 0. The fraction of sp³-hybridized carbons (Fsp3) is 0.250. The van der Waals surface area contributed by atoms with Crippen molar-refractivity contribution in [1.82, 2.24) is 0 Å². The van der Waals surface area contributed by atoms with Crippen molar-refractivity contribution in [2.24, 2.45) is 0 Å². The number of aromatic hydroxyl groups is 2. The lowest BCUT2D eigenvalue weighted by atomic mass is 9.96. The Morgan fingerprint density at radius 3 is 2.21 bits per heavy atom. The average molecular weight is 274 g/mol. The fourth-order valence-electron chi connectivity index (χ4n) is 2.29. The summed E-state index contributed by atoms with van der Waals surface area (Å²) >= 11 is 1.54. The van der Waals surface area contributed by atoms with Gasteiger partial charge in [0.05, 0.1) is 0 Å². The standard InChI is InChI=1S/C16H18O2S/c1-10-6-13(17)7-11(2)14(10)8-12-4-5-15(18)16(9-12)19-3/h4-7,9,17-18H,8H2,1-3H3. The fourth-order valence-corrected chi connectivity index (χ4v) is 2.83. The number of hydrogen-bond acceptors (Lipinski definition) is 3. The van der Waals surface area contributed by atoms with Crippen LogP contribution in [0.3, 0.4) is 0 Å². The number of phenolic OH excluding ortho intramolecular Hbond substituents is 2. The molecule has 0 saturated carbocycles. The van der Waals surface area contributed by atoms with E-state index in [4.69, 9.17) is 0 Å². The number of benzene rings is 2. The van der Waals surface area contributed by atoms with Crippen molar-refractivity contribution >= 4 is 11.8 Å². The first-order valence-corrected chi connectivity index (χ1v) is 7.38. The van der Waals surface area contributed by atoms with Crippen LogP contribution in [0, 0.1) is 13.8 Å². The molecule has 0 saturated heterocycles. The summed E-state index contributed by atoms with van der Waals surface area (Å²) in [5.74, 6) is 0.643. The summed E-state index contributed by atoms with van der Waals surface area (Å²) in [6, 6.07) is 9.29. The third-order valence-electron chi connectivity index (χ3n) is 3.31. The molecule has 3 heteroatoms. The lowest BCUT2D eigenvalue weighted by Gasteiger charge is -2.12. The Hall–Kier alpha value is -1.61. The molecule has 0 aromatic heterocycles. The van der Waals surface area contributed by atoms with Crippen LogP contribution in [-0.4, -0.2) is 16.5 Å². The average Bonchev–Trinajstić information content (AvgIpc) is 2.35. The monoisotopic (exact) mass is 274 g/mol. The Kier molecular flexibility index (Phi) is 4.05. The molecule has 2 rings (SSSR count). The zero-order valence-electron chi connectivity index (χ0n) is 11.4. The summed E-state index contributed by atoms with van der Waals surface area (Å²) in [7, 11) is 0. The lowest BCUT2D eigenvalue weighted by molar-refractivity contribution is 0.462. The van der Waals surface area contributed by atoms with Crippen LogP contribution < -0.4 is 0 Å². The van der Waals surface area contributed by atoms with Gasteiger partial charge in [-0.2, -0.15) is 0 Å². The van der Waals surface area contributed by atoms with Gasteiger partial charge in [-0.3, -0.25) is 0 Å². The molecule has 0 atom stereocenters. The van der Waals surface area contributed by atoms with E-state index in [0.29, 0.717) is 11.5 Å². The van der Waals surface area contributed by atoms with Gasteiger partial charge in [0.15, 0.2) is 0 Å². The van der Waals surface area contributed by atoms with Gasteiger partial charge in [0.2, 0.25) is 0 Å². The minimum Gasteiger partial charge on any atom is -0.508 e. The molecular weight excluding hydrogens is 256 g/mol. The Morgan fingerprint density at radius 2 is 1.63 bits per heavy atom. The van der Waals surface area contributed by atoms with Gasteiger partial charge in [-0.25, -0.2) is 0 Å². The number of aryl methyl sites for hydroxylation is 2. The first-order valence-electron chi connectivity index (χ1n) is 6.16. The highest BCUT2D eigenvalue weighted by molar-refractivity contribution is 7.98. The van der Waals surface area contributed by atoms with Gasteiger partial charge < -0.3 is 10.2 Å². The highest BCUT2D eigenvalue weighted by Gasteiger charge is 2.08.